The molecular formula is C14H16Cl2N2O2. The topological polar surface area (TPSA) is 49.4 Å². The third-order valence-electron chi connectivity index (χ3n) is 3.50. The molecule has 20 heavy (non-hydrogen) atoms. The van der Waals surface area contributed by atoms with Gasteiger partial charge in [0.05, 0.1) is 22.2 Å². The second-order valence-electron chi connectivity index (χ2n) is 4.86. The summed E-state index contributed by atoms with van der Waals surface area (Å²) in [6, 6.07) is 4.40. The Hall–Kier alpha value is -1.26. The molecule has 4 nitrogen and oxygen atoms in total. The molecule has 1 fully saturated rings. The van der Waals surface area contributed by atoms with E-state index in [-0.39, 0.29) is 24.3 Å². The Kier molecular flexibility index (Phi) is 4.55. The summed E-state index contributed by atoms with van der Waals surface area (Å²) in [6.07, 6.45) is 0.863. The lowest BCUT2D eigenvalue weighted by molar-refractivity contribution is -0.140. The molecule has 1 aromatic carbocycles. The van der Waals surface area contributed by atoms with Gasteiger partial charge in [0.1, 0.15) is 6.04 Å². The van der Waals surface area contributed by atoms with Crippen molar-refractivity contribution in [3.05, 3.63) is 28.2 Å². The van der Waals surface area contributed by atoms with E-state index in [1.807, 2.05) is 13.8 Å². The van der Waals surface area contributed by atoms with Crippen LogP contribution in [-0.4, -0.2) is 28.8 Å². The zero-order valence-electron chi connectivity index (χ0n) is 11.3. The van der Waals surface area contributed by atoms with Crippen LogP contribution < -0.4 is 5.32 Å². The second kappa shape index (κ2) is 6.02. The first kappa shape index (κ1) is 15.1. The van der Waals surface area contributed by atoms with E-state index in [0.29, 0.717) is 15.7 Å². The summed E-state index contributed by atoms with van der Waals surface area (Å²) in [5.74, 6) is -0.384. The number of imide groups is 1. The first-order valence-electron chi connectivity index (χ1n) is 6.52. The molecular weight excluding hydrogens is 299 g/mol. The highest BCUT2D eigenvalue weighted by Gasteiger charge is 2.40. The van der Waals surface area contributed by atoms with Crippen LogP contribution in [0.2, 0.25) is 10.0 Å². The van der Waals surface area contributed by atoms with Crippen LogP contribution in [0.15, 0.2) is 18.2 Å². The zero-order chi connectivity index (χ0) is 14.9. The molecule has 6 heteroatoms. The molecule has 0 bridgehead atoms. The van der Waals surface area contributed by atoms with Crippen molar-refractivity contribution in [3.8, 4) is 0 Å². The van der Waals surface area contributed by atoms with E-state index in [2.05, 4.69) is 5.32 Å². The molecule has 1 N–H and O–H groups in total. The average Bonchev–Trinajstić information content (AvgIpc) is 2.68. The van der Waals surface area contributed by atoms with Gasteiger partial charge >= 0.3 is 0 Å². The average molecular weight is 315 g/mol. The van der Waals surface area contributed by atoms with Gasteiger partial charge in [-0.1, -0.05) is 36.2 Å². The van der Waals surface area contributed by atoms with Gasteiger partial charge in [-0.2, -0.15) is 0 Å². The highest BCUT2D eigenvalue weighted by molar-refractivity contribution is 6.39. The van der Waals surface area contributed by atoms with Crippen LogP contribution in [0.25, 0.3) is 0 Å². The third kappa shape index (κ3) is 2.76. The van der Waals surface area contributed by atoms with Crippen molar-refractivity contribution in [2.24, 2.45) is 0 Å². The molecule has 2 rings (SSSR count). The number of nitrogens with one attached hydrogen (secondary N) is 1. The van der Waals surface area contributed by atoms with Gasteiger partial charge < -0.3 is 5.32 Å². The third-order valence-corrected chi connectivity index (χ3v) is 4.13. The number of halogens is 2. The highest BCUT2D eigenvalue weighted by atomic mass is 35.5. The maximum absolute atomic E-state index is 12.3. The predicted octanol–water partition coefficient (Wildman–Crippen LogP) is 3.33. The molecule has 2 unspecified atom stereocenters. The molecule has 1 aromatic rings. The first-order valence-corrected chi connectivity index (χ1v) is 7.27. The number of nitrogens with zero attached hydrogens (tertiary/aromatic N) is 1. The minimum atomic E-state index is -0.603. The van der Waals surface area contributed by atoms with Crippen molar-refractivity contribution in [2.75, 3.05) is 5.32 Å². The molecule has 0 saturated carbocycles. The van der Waals surface area contributed by atoms with Crippen molar-refractivity contribution < 1.29 is 9.59 Å². The number of anilines is 1. The smallest absolute Gasteiger partial charge is 0.252 e. The number of benzene rings is 1. The molecule has 1 aliphatic rings. The van der Waals surface area contributed by atoms with Crippen molar-refractivity contribution >= 4 is 40.7 Å². The molecule has 2 amide bonds. The van der Waals surface area contributed by atoms with Gasteiger partial charge in [-0.25, -0.2) is 0 Å². The number of rotatable bonds is 4. The molecule has 108 valence electrons. The van der Waals surface area contributed by atoms with Crippen molar-refractivity contribution in [3.63, 3.8) is 0 Å². The van der Waals surface area contributed by atoms with Gasteiger partial charge in [0.25, 0.3) is 5.91 Å². The Bertz CT molecular complexity index is 528. The van der Waals surface area contributed by atoms with E-state index in [1.165, 1.54) is 4.90 Å². The number of likely N-dealkylation sites (tertiary alicyclic amines) is 1. The van der Waals surface area contributed by atoms with Gasteiger partial charge in [0.15, 0.2) is 0 Å². The van der Waals surface area contributed by atoms with Crippen LogP contribution in [0, 0.1) is 0 Å². The van der Waals surface area contributed by atoms with Crippen LogP contribution in [0.4, 0.5) is 5.69 Å². The lowest BCUT2D eigenvalue weighted by atomic mass is 10.2. The number of hydrogen-bond acceptors (Lipinski definition) is 3. The Morgan fingerprint density at radius 2 is 1.95 bits per heavy atom. The first-order chi connectivity index (χ1) is 9.45. The van der Waals surface area contributed by atoms with E-state index in [0.717, 1.165) is 6.42 Å². The Morgan fingerprint density at radius 1 is 1.35 bits per heavy atom. The molecule has 0 spiro atoms. The molecule has 2 atom stereocenters. The fraction of sp³-hybridized carbons (Fsp3) is 0.429. The monoisotopic (exact) mass is 314 g/mol. The number of carbonyl (C=O) groups excluding carboxylic acids is 2. The zero-order valence-corrected chi connectivity index (χ0v) is 12.8. The second-order valence-corrected chi connectivity index (χ2v) is 5.67. The predicted molar refractivity (Wildman–Crippen MR) is 80.1 cm³/mol. The number of para-hydroxylation sites is 1. The molecule has 1 saturated heterocycles. The van der Waals surface area contributed by atoms with E-state index >= 15 is 0 Å². The van der Waals surface area contributed by atoms with E-state index in [1.54, 1.807) is 18.2 Å². The standard InChI is InChI=1S/C14H16Cl2N2O2/c1-3-8(2)18-12(19)7-11(14(18)20)17-13-9(15)5-4-6-10(13)16/h4-6,8,11,17H,3,7H2,1-2H3. The molecule has 0 radical (unpaired) electrons. The minimum Gasteiger partial charge on any atom is -0.371 e. The van der Waals surface area contributed by atoms with Gasteiger partial charge in [0, 0.05) is 6.04 Å². The van der Waals surface area contributed by atoms with E-state index in [4.69, 9.17) is 23.2 Å². The van der Waals surface area contributed by atoms with E-state index < -0.39 is 6.04 Å². The summed E-state index contributed by atoms with van der Waals surface area (Å²) in [5.41, 5.74) is 0.494. The van der Waals surface area contributed by atoms with E-state index in [9.17, 15) is 9.59 Å². The normalized spacial score (nSPS) is 20.4. The van der Waals surface area contributed by atoms with Crippen LogP contribution >= 0.6 is 23.2 Å². The molecule has 1 heterocycles. The van der Waals surface area contributed by atoms with Crippen LogP contribution in [0.5, 0.6) is 0 Å². The Labute approximate surface area is 128 Å². The Morgan fingerprint density at radius 3 is 2.50 bits per heavy atom. The molecule has 0 aliphatic carbocycles. The summed E-state index contributed by atoms with van der Waals surface area (Å²) < 4.78 is 0. The summed E-state index contributed by atoms with van der Waals surface area (Å²) >= 11 is 12.1. The largest absolute Gasteiger partial charge is 0.371 e. The Balaban J connectivity index is 2.20. The number of hydrogen-bond donors (Lipinski definition) is 1. The summed E-state index contributed by atoms with van der Waals surface area (Å²) in [6.45, 7) is 3.80. The van der Waals surface area contributed by atoms with Crippen LogP contribution in [0.1, 0.15) is 26.7 Å². The van der Waals surface area contributed by atoms with Crippen molar-refractivity contribution in [1.82, 2.24) is 4.90 Å². The van der Waals surface area contributed by atoms with Gasteiger partial charge in [-0.05, 0) is 25.5 Å². The highest BCUT2D eigenvalue weighted by Crippen LogP contribution is 2.32. The van der Waals surface area contributed by atoms with Crippen LogP contribution in [-0.2, 0) is 9.59 Å². The maximum Gasteiger partial charge on any atom is 0.252 e. The minimum absolute atomic E-state index is 0.0940. The SMILES string of the molecule is CCC(C)N1C(=O)CC(Nc2c(Cl)cccc2Cl)C1=O. The van der Waals surface area contributed by atoms with Gasteiger partial charge in [0.2, 0.25) is 5.91 Å². The fourth-order valence-corrected chi connectivity index (χ4v) is 2.73. The number of amides is 2. The summed E-state index contributed by atoms with van der Waals surface area (Å²) in [4.78, 5) is 25.6. The molecule has 0 aromatic heterocycles. The lowest BCUT2D eigenvalue weighted by Gasteiger charge is -2.22. The number of carbonyl (C=O) groups is 2. The maximum atomic E-state index is 12.3. The quantitative estimate of drug-likeness (QED) is 0.867. The van der Waals surface area contributed by atoms with Gasteiger partial charge in [-0.15, -0.1) is 0 Å². The fourth-order valence-electron chi connectivity index (χ4n) is 2.22. The van der Waals surface area contributed by atoms with Crippen molar-refractivity contribution in [2.45, 2.75) is 38.8 Å². The lowest BCUT2D eigenvalue weighted by Crippen LogP contribution is -2.40. The molecule has 1 aliphatic heterocycles. The van der Waals surface area contributed by atoms with Gasteiger partial charge in [-0.3, -0.25) is 14.5 Å². The van der Waals surface area contributed by atoms with Crippen LogP contribution in [0.3, 0.4) is 0 Å². The van der Waals surface area contributed by atoms with Crippen molar-refractivity contribution in [1.29, 1.82) is 0 Å². The summed E-state index contributed by atoms with van der Waals surface area (Å²) in [5, 5.41) is 3.85. The summed E-state index contributed by atoms with van der Waals surface area (Å²) in [7, 11) is 0.